The number of hydrogen-bond acceptors (Lipinski definition) is 5. The van der Waals surface area contributed by atoms with Crippen LogP contribution in [0.3, 0.4) is 0 Å². The minimum atomic E-state index is -4.62. The van der Waals surface area contributed by atoms with E-state index in [1.807, 2.05) is 0 Å². The van der Waals surface area contributed by atoms with Gasteiger partial charge in [0, 0.05) is 6.26 Å². The number of hydrogen-bond donors (Lipinski definition) is 1. The topological polar surface area (TPSA) is 82.5 Å². The first-order valence-electron chi connectivity index (χ1n) is 7.41. The minimum absolute atomic E-state index is 0.0695. The molecule has 12 heteroatoms. The van der Waals surface area contributed by atoms with Gasteiger partial charge >= 0.3 is 6.18 Å². The summed E-state index contributed by atoms with van der Waals surface area (Å²) < 4.78 is 51.8. The lowest BCUT2D eigenvalue weighted by Crippen LogP contribution is -2.09. The molecule has 0 spiro atoms. The van der Waals surface area contributed by atoms with Gasteiger partial charge in [-0.1, -0.05) is 28.4 Å². The molecule has 2 N–H and O–H groups in total. The van der Waals surface area contributed by atoms with Gasteiger partial charge in [0.25, 0.3) is 0 Å². The number of nitrogens with zero attached hydrogens (tertiary/aromatic N) is 3. The van der Waals surface area contributed by atoms with Gasteiger partial charge in [-0.05, 0) is 26.0 Å². The zero-order chi connectivity index (χ0) is 20.5. The molecule has 0 fully saturated rings. The molecule has 0 bridgehead atoms. The largest absolute Gasteiger partial charge is 0.416 e. The Bertz CT molecular complexity index is 890. The van der Waals surface area contributed by atoms with Gasteiger partial charge in [0.1, 0.15) is 28.2 Å². The molecule has 1 unspecified atom stereocenters. The van der Waals surface area contributed by atoms with Crippen LogP contribution in [0.1, 0.15) is 25.1 Å². The van der Waals surface area contributed by atoms with Crippen molar-refractivity contribution in [3.8, 4) is 5.69 Å². The molecule has 0 aliphatic carbocycles. The molecule has 0 aliphatic heterocycles. The van der Waals surface area contributed by atoms with Gasteiger partial charge in [0.05, 0.1) is 32.6 Å². The second kappa shape index (κ2) is 8.07. The predicted octanol–water partition coefficient (Wildman–Crippen LogP) is 4.28. The highest BCUT2D eigenvalue weighted by Crippen LogP contribution is 2.38. The summed E-state index contributed by atoms with van der Waals surface area (Å²) in [6, 6.07) is 1.42. The SMILES string of the molecule is CC(C)ON=Cc1nn(-c2c(Cl)cc(C(F)(F)F)cc2Cl)c(N)c1S(C)=O. The van der Waals surface area contributed by atoms with Gasteiger partial charge in [0.2, 0.25) is 0 Å². The third-order valence-corrected chi connectivity index (χ3v) is 4.76. The van der Waals surface area contributed by atoms with Crippen molar-refractivity contribution < 1.29 is 22.2 Å². The van der Waals surface area contributed by atoms with Crippen LogP contribution >= 0.6 is 23.2 Å². The van der Waals surface area contributed by atoms with E-state index in [-0.39, 0.29) is 38.2 Å². The predicted molar refractivity (Wildman–Crippen MR) is 99.1 cm³/mol. The van der Waals surface area contributed by atoms with Crippen molar-refractivity contribution in [2.45, 2.75) is 31.0 Å². The molecular formula is C15H15Cl2F3N4O2S. The Labute approximate surface area is 165 Å². The van der Waals surface area contributed by atoms with Crippen molar-refractivity contribution in [1.29, 1.82) is 0 Å². The Balaban J connectivity index is 2.63. The number of alkyl halides is 3. The van der Waals surface area contributed by atoms with Crippen LogP contribution in [0.15, 0.2) is 22.2 Å². The van der Waals surface area contributed by atoms with Crippen molar-refractivity contribution in [3.05, 3.63) is 33.4 Å². The van der Waals surface area contributed by atoms with Crippen LogP contribution in [0.4, 0.5) is 19.0 Å². The molecule has 6 nitrogen and oxygen atoms in total. The highest BCUT2D eigenvalue weighted by Gasteiger charge is 2.33. The maximum Gasteiger partial charge on any atom is 0.416 e. The molecule has 0 saturated heterocycles. The zero-order valence-electron chi connectivity index (χ0n) is 14.3. The Morgan fingerprint density at radius 2 is 1.89 bits per heavy atom. The molecular weight excluding hydrogens is 428 g/mol. The van der Waals surface area contributed by atoms with E-state index in [1.54, 1.807) is 13.8 Å². The molecule has 1 atom stereocenters. The van der Waals surface area contributed by atoms with Gasteiger partial charge in [-0.3, -0.25) is 4.21 Å². The lowest BCUT2D eigenvalue weighted by molar-refractivity contribution is -0.137. The van der Waals surface area contributed by atoms with Crippen LogP contribution in [0.5, 0.6) is 0 Å². The highest BCUT2D eigenvalue weighted by atomic mass is 35.5. The number of aromatic nitrogens is 2. The number of anilines is 1. The number of nitrogen functional groups attached to an aromatic ring is 1. The van der Waals surface area contributed by atoms with Crippen molar-refractivity contribution in [3.63, 3.8) is 0 Å². The minimum Gasteiger partial charge on any atom is -0.393 e. The zero-order valence-corrected chi connectivity index (χ0v) is 16.7. The molecule has 2 rings (SSSR count). The molecule has 0 radical (unpaired) electrons. The molecule has 148 valence electrons. The molecule has 0 amide bonds. The first kappa shape index (κ1) is 21.5. The summed E-state index contributed by atoms with van der Waals surface area (Å²) >= 11 is 12.0. The summed E-state index contributed by atoms with van der Waals surface area (Å²) in [5.41, 5.74) is 5.02. The van der Waals surface area contributed by atoms with Crippen LogP contribution in [0.25, 0.3) is 5.69 Å². The summed E-state index contributed by atoms with van der Waals surface area (Å²) in [5.74, 6) is -0.0922. The van der Waals surface area contributed by atoms with Gasteiger partial charge in [-0.25, -0.2) is 4.68 Å². The highest BCUT2D eigenvalue weighted by molar-refractivity contribution is 7.84. The maximum absolute atomic E-state index is 12.9. The molecule has 1 aromatic carbocycles. The van der Waals surface area contributed by atoms with Crippen LogP contribution in [0, 0.1) is 0 Å². The molecule has 0 saturated carbocycles. The Morgan fingerprint density at radius 1 is 1.33 bits per heavy atom. The van der Waals surface area contributed by atoms with E-state index in [9.17, 15) is 17.4 Å². The van der Waals surface area contributed by atoms with Gasteiger partial charge < -0.3 is 10.6 Å². The summed E-state index contributed by atoms with van der Waals surface area (Å²) in [5, 5.41) is 7.21. The molecule has 1 aromatic heterocycles. The van der Waals surface area contributed by atoms with Crippen molar-refractivity contribution >= 4 is 46.0 Å². The second-order valence-corrected chi connectivity index (χ2v) is 7.77. The third kappa shape index (κ3) is 4.74. The fourth-order valence-corrected chi connectivity index (χ4v) is 3.53. The Morgan fingerprint density at radius 3 is 2.33 bits per heavy atom. The number of benzene rings is 1. The monoisotopic (exact) mass is 442 g/mol. The van der Waals surface area contributed by atoms with E-state index >= 15 is 0 Å². The van der Waals surface area contributed by atoms with Crippen LogP contribution in [-0.2, 0) is 21.8 Å². The number of halogens is 5. The quantitative estimate of drug-likeness (QED) is 0.553. The lowest BCUT2D eigenvalue weighted by atomic mass is 10.2. The Hall–Kier alpha value is -1.78. The summed E-state index contributed by atoms with van der Waals surface area (Å²) in [6.45, 7) is 3.51. The number of rotatable bonds is 5. The normalized spacial score (nSPS) is 13.5. The average molecular weight is 443 g/mol. The van der Waals surface area contributed by atoms with Crippen molar-refractivity contribution in [2.24, 2.45) is 5.16 Å². The third-order valence-electron chi connectivity index (χ3n) is 3.19. The van der Waals surface area contributed by atoms with E-state index in [0.29, 0.717) is 12.1 Å². The van der Waals surface area contributed by atoms with E-state index < -0.39 is 22.5 Å². The van der Waals surface area contributed by atoms with Gasteiger partial charge in [-0.15, -0.1) is 0 Å². The summed E-state index contributed by atoms with van der Waals surface area (Å²) in [4.78, 5) is 5.16. The molecule has 27 heavy (non-hydrogen) atoms. The van der Waals surface area contributed by atoms with Crippen LogP contribution < -0.4 is 5.73 Å². The Kier molecular flexibility index (Phi) is 6.43. The lowest BCUT2D eigenvalue weighted by Gasteiger charge is -2.13. The van der Waals surface area contributed by atoms with E-state index in [4.69, 9.17) is 33.8 Å². The molecule has 2 aromatic rings. The van der Waals surface area contributed by atoms with Gasteiger partial charge in [0.15, 0.2) is 0 Å². The number of oxime groups is 1. The first-order valence-corrected chi connectivity index (χ1v) is 9.72. The fourth-order valence-electron chi connectivity index (χ4n) is 2.12. The van der Waals surface area contributed by atoms with Crippen molar-refractivity contribution in [2.75, 3.05) is 12.0 Å². The van der Waals surface area contributed by atoms with E-state index in [2.05, 4.69) is 10.3 Å². The molecule has 0 aliphatic rings. The first-order chi connectivity index (χ1) is 12.4. The van der Waals surface area contributed by atoms with Crippen LogP contribution in [-0.4, -0.2) is 32.6 Å². The molecule has 1 heterocycles. The van der Waals surface area contributed by atoms with Gasteiger partial charge in [-0.2, -0.15) is 18.3 Å². The smallest absolute Gasteiger partial charge is 0.393 e. The van der Waals surface area contributed by atoms with E-state index in [1.165, 1.54) is 12.5 Å². The second-order valence-electron chi connectivity index (χ2n) is 5.64. The fraction of sp³-hybridized carbons (Fsp3) is 0.333. The van der Waals surface area contributed by atoms with Crippen LogP contribution in [0.2, 0.25) is 10.0 Å². The number of nitrogens with two attached hydrogens (primary N) is 1. The maximum atomic E-state index is 12.9. The summed E-state index contributed by atoms with van der Waals surface area (Å²) in [6.07, 6.45) is -2.25. The summed E-state index contributed by atoms with van der Waals surface area (Å²) in [7, 11) is -1.57. The average Bonchev–Trinajstić information content (AvgIpc) is 2.82. The van der Waals surface area contributed by atoms with E-state index in [0.717, 1.165) is 4.68 Å². The standard InChI is InChI=1S/C15H15Cl2F3N4O2S/c1-7(2)26-22-6-11-13(27(3)25)14(21)24(23-11)12-9(16)4-8(5-10(12)17)15(18,19)20/h4-7H,21H2,1-3H3. The van der Waals surface area contributed by atoms with Crippen molar-refractivity contribution in [1.82, 2.24) is 9.78 Å².